The number of rotatable bonds is 5. The molecule has 0 fully saturated rings. The number of hydrogen-bond donors (Lipinski definition) is 1. The second-order valence-corrected chi connectivity index (χ2v) is 4.48. The van der Waals surface area contributed by atoms with Gasteiger partial charge in [-0.05, 0) is 13.8 Å². The fraction of sp³-hybridized carbons (Fsp3) is 0.500. The average molecular weight is 296 g/mol. The highest BCUT2D eigenvalue weighted by molar-refractivity contribution is 7.99. The fourth-order valence-corrected chi connectivity index (χ4v) is 2.14. The Balaban J connectivity index is 2.75. The molecule has 9 heteroatoms. The minimum absolute atomic E-state index is 0.0969. The molecule has 0 aliphatic rings. The lowest BCUT2D eigenvalue weighted by Gasteiger charge is -2.10. The van der Waals surface area contributed by atoms with Crippen LogP contribution >= 0.6 is 11.8 Å². The van der Waals surface area contributed by atoms with Gasteiger partial charge >= 0.3 is 12.1 Å². The number of ether oxygens (including phenoxy) is 1. The molecule has 0 radical (unpaired) electrons. The Morgan fingerprint density at radius 2 is 2.00 bits per heavy atom. The average Bonchev–Trinajstić information content (AvgIpc) is 2.21. The van der Waals surface area contributed by atoms with Gasteiger partial charge in [-0.25, -0.2) is 14.8 Å². The summed E-state index contributed by atoms with van der Waals surface area (Å²) < 4.78 is 40.0. The van der Waals surface area contributed by atoms with E-state index in [0.29, 0.717) is 5.82 Å². The number of hydrogen-bond acceptors (Lipinski definition) is 5. The molecular formula is C10H11F3N2O3S. The van der Waals surface area contributed by atoms with Crippen molar-refractivity contribution in [1.82, 2.24) is 9.97 Å². The third-order valence-corrected chi connectivity index (χ3v) is 2.78. The number of alkyl halides is 3. The van der Waals surface area contributed by atoms with Crippen LogP contribution in [0.4, 0.5) is 13.2 Å². The SMILES string of the molecule is Cc1nc(C)c(C(=O)O)c(SCOCC(F)(F)F)n1. The molecule has 0 aliphatic carbocycles. The number of aromatic carboxylic acids is 1. The summed E-state index contributed by atoms with van der Waals surface area (Å²) in [5, 5.41) is 9.11. The van der Waals surface area contributed by atoms with Crippen LogP contribution < -0.4 is 0 Å². The van der Waals surface area contributed by atoms with E-state index in [2.05, 4.69) is 14.7 Å². The number of carboxylic acid groups (broad SMARTS) is 1. The van der Waals surface area contributed by atoms with Crippen LogP contribution in [0, 0.1) is 13.8 Å². The van der Waals surface area contributed by atoms with Gasteiger partial charge < -0.3 is 9.84 Å². The summed E-state index contributed by atoms with van der Waals surface area (Å²) in [5.74, 6) is -1.22. The van der Waals surface area contributed by atoms with E-state index in [4.69, 9.17) is 5.11 Å². The maximum atomic E-state index is 11.9. The fourth-order valence-electron chi connectivity index (χ4n) is 1.29. The van der Waals surface area contributed by atoms with Crippen LogP contribution in [0.25, 0.3) is 0 Å². The maximum absolute atomic E-state index is 11.9. The molecule has 0 bridgehead atoms. The van der Waals surface area contributed by atoms with Crippen molar-refractivity contribution in [3.05, 3.63) is 17.1 Å². The number of nitrogens with zero attached hydrogens (tertiary/aromatic N) is 2. The second kappa shape index (κ2) is 6.20. The van der Waals surface area contributed by atoms with Gasteiger partial charge in [-0.3, -0.25) is 0 Å². The summed E-state index contributed by atoms with van der Waals surface area (Å²) in [4.78, 5) is 18.8. The van der Waals surface area contributed by atoms with E-state index in [1.807, 2.05) is 0 Å². The minimum atomic E-state index is -4.41. The quantitative estimate of drug-likeness (QED) is 0.389. The lowest BCUT2D eigenvalue weighted by Crippen LogP contribution is -2.17. The van der Waals surface area contributed by atoms with Crippen LogP contribution in [0.1, 0.15) is 21.9 Å². The van der Waals surface area contributed by atoms with E-state index in [9.17, 15) is 18.0 Å². The molecule has 5 nitrogen and oxygen atoms in total. The molecule has 0 aliphatic heterocycles. The van der Waals surface area contributed by atoms with E-state index >= 15 is 0 Å². The van der Waals surface area contributed by atoms with Crippen molar-refractivity contribution in [3.63, 3.8) is 0 Å². The van der Waals surface area contributed by atoms with Gasteiger partial charge in [-0.2, -0.15) is 13.2 Å². The van der Waals surface area contributed by atoms with Crippen molar-refractivity contribution in [3.8, 4) is 0 Å². The van der Waals surface area contributed by atoms with E-state index in [0.717, 1.165) is 11.8 Å². The van der Waals surface area contributed by atoms with E-state index in [-0.39, 0.29) is 22.2 Å². The Bertz CT molecular complexity index is 480. The number of aryl methyl sites for hydroxylation is 2. The first kappa shape index (κ1) is 15.7. The Labute approximate surface area is 111 Å². The normalized spacial score (nSPS) is 11.6. The molecule has 0 atom stereocenters. The lowest BCUT2D eigenvalue weighted by molar-refractivity contribution is -0.168. The highest BCUT2D eigenvalue weighted by atomic mass is 32.2. The second-order valence-electron chi connectivity index (χ2n) is 3.57. The number of halogens is 3. The standard InChI is InChI=1S/C10H11F3N2O3S/c1-5-7(9(16)17)8(15-6(2)14-5)19-4-18-3-10(11,12)13/h3-4H2,1-2H3,(H,16,17). The summed E-state index contributed by atoms with van der Waals surface area (Å²) >= 11 is 0.790. The molecule has 19 heavy (non-hydrogen) atoms. The molecule has 1 N–H and O–H groups in total. The maximum Gasteiger partial charge on any atom is 0.411 e. The first-order valence-electron chi connectivity index (χ1n) is 5.06. The third-order valence-electron chi connectivity index (χ3n) is 1.93. The Morgan fingerprint density at radius 1 is 1.37 bits per heavy atom. The van der Waals surface area contributed by atoms with Crippen LogP contribution in [0.3, 0.4) is 0 Å². The molecule has 0 aromatic carbocycles. The third kappa shape index (κ3) is 5.03. The van der Waals surface area contributed by atoms with Gasteiger partial charge in [0.1, 0.15) is 23.0 Å². The molecule has 0 amide bonds. The predicted molar refractivity (Wildman–Crippen MR) is 61.2 cm³/mol. The van der Waals surface area contributed by atoms with Gasteiger partial charge in [0.05, 0.1) is 11.6 Å². The highest BCUT2D eigenvalue weighted by Gasteiger charge is 2.27. The Kier molecular flexibility index (Phi) is 5.12. The summed E-state index contributed by atoms with van der Waals surface area (Å²) in [6, 6.07) is 0. The molecule has 0 saturated carbocycles. The first-order chi connectivity index (χ1) is 8.70. The van der Waals surface area contributed by atoms with Crippen molar-refractivity contribution >= 4 is 17.7 Å². The summed E-state index contributed by atoms with van der Waals surface area (Å²) in [5.41, 5.74) is 0.143. The van der Waals surface area contributed by atoms with Crippen molar-refractivity contribution in [2.45, 2.75) is 25.0 Å². The monoisotopic (exact) mass is 296 g/mol. The van der Waals surface area contributed by atoms with E-state index in [1.165, 1.54) is 6.92 Å². The van der Waals surface area contributed by atoms with Gasteiger partial charge in [0.15, 0.2) is 0 Å². The smallest absolute Gasteiger partial charge is 0.411 e. The van der Waals surface area contributed by atoms with Gasteiger partial charge in [0, 0.05) is 0 Å². The Hall–Kier alpha value is -1.35. The predicted octanol–water partition coefficient (Wildman–Crippen LogP) is 2.42. The molecule has 106 valence electrons. The molecule has 1 aromatic heterocycles. The van der Waals surface area contributed by atoms with Crippen LogP contribution in [-0.2, 0) is 4.74 Å². The summed E-state index contributed by atoms with van der Waals surface area (Å²) in [6.07, 6.45) is -4.41. The Morgan fingerprint density at radius 3 is 2.53 bits per heavy atom. The number of thioether (sulfide) groups is 1. The van der Waals surface area contributed by atoms with Crippen molar-refractivity contribution in [1.29, 1.82) is 0 Å². The molecule has 1 rings (SSSR count). The first-order valence-corrected chi connectivity index (χ1v) is 6.05. The van der Waals surface area contributed by atoms with Crippen LogP contribution in [0.15, 0.2) is 5.03 Å². The largest absolute Gasteiger partial charge is 0.478 e. The lowest BCUT2D eigenvalue weighted by atomic mass is 10.2. The van der Waals surface area contributed by atoms with Crippen molar-refractivity contribution in [2.24, 2.45) is 0 Å². The zero-order valence-electron chi connectivity index (χ0n) is 10.1. The van der Waals surface area contributed by atoms with Gasteiger partial charge in [-0.1, -0.05) is 11.8 Å². The number of aromatic nitrogens is 2. The van der Waals surface area contributed by atoms with Gasteiger partial charge in [-0.15, -0.1) is 0 Å². The van der Waals surface area contributed by atoms with Crippen LogP contribution in [0.5, 0.6) is 0 Å². The zero-order valence-corrected chi connectivity index (χ0v) is 10.9. The zero-order chi connectivity index (χ0) is 14.6. The van der Waals surface area contributed by atoms with E-state index < -0.39 is 18.8 Å². The molecule has 0 saturated heterocycles. The molecule has 1 heterocycles. The molecular weight excluding hydrogens is 285 g/mol. The van der Waals surface area contributed by atoms with Gasteiger partial charge in [0.25, 0.3) is 0 Å². The van der Waals surface area contributed by atoms with Crippen LogP contribution in [0.2, 0.25) is 0 Å². The van der Waals surface area contributed by atoms with Gasteiger partial charge in [0.2, 0.25) is 0 Å². The van der Waals surface area contributed by atoms with Crippen molar-refractivity contribution < 1.29 is 27.8 Å². The highest BCUT2D eigenvalue weighted by Crippen LogP contribution is 2.24. The minimum Gasteiger partial charge on any atom is -0.478 e. The summed E-state index contributed by atoms with van der Waals surface area (Å²) in [6.45, 7) is 1.68. The van der Waals surface area contributed by atoms with E-state index in [1.54, 1.807) is 6.92 Å². The van der Waals surface area contributed by atoms with Crippen molar-refractivity contribution in [2.75, 3.05) is 12.5 Å². The summed E-state index contributed by atoms with van der Waals surface area (Å²) in [7, 11) is 0. The topological polar surface area (TPSA) is 72.3 Å². The number of carbonyl (C=O) groups is 1. The van der Waals surface area contributed by atoms with Crippen LogP contribution in [-0.4, -0.2) is 39.8 Å². The molecule has 0 unspecified atom stereocenters. The molecule has 0 spiro atoms. The molecule has 1 aromatic rings. The number of carboxylic acids is 1.